The minimum Gasteiger partial charge on any atom is -0.469 e. The summed E-state index contributed by atoms with van der Waals surface area (Å²) in [6, 6.07) is 13.7. The Kier molecular flexibility index (Phi) is 7.95. The van der Waals surface area contributed by atoms with Crippen molar-refractivity contribution in [2.75, 3.05) is 25.6 Å². The fourth-order valence-corrected chi connectivity index (χ4v) is 5.47. The van der Waals surface area contributed by atoms with Gasteiger partial charge in [0.1, 0.15) is 5.52 Å². The highest BCUT2D eigenvalue weighted by Crippen LogP contribution is 2.29. The second kappa shape index (κ2) is 11.5. The molecular formula is C29H35N3O6. The lowest BCUT2D eigenvalue weighted by atomic mass is 9.87. The van der Waals surface area contributed by atoms with Crippen LogP contribution in [-0.4, -0.2) is 65.4 Å². The van der Waals surface area contributed by atoms with Gasteiger partial charge in [-0.3, -0.25) is 9.59 Å². The number of amides is 1. The van der Waals surface area contributed by atoms with E-state index < -0.39 is 6.10 Å². The van der Waals surface area contributed by atoms with E-state index in [0.29, 0.717) is 36.7 Å². The van der Waals surface area contributed by atoms with Gasteiger partial charge in [0.25, 0.3) is 6.01 Å². The molecule has 3 aromatic rings. The summed E-state index contributed by atoms with van der Waals surface area (Å²) < 4.78 is 16.9. The number of oxazole rings is 1. The van der Waals surface area contributed by atoms with Gasteiger partial charge >= 0.3 is 5.97 Å². The van der Waals surface area contributed by atoms with E-state index in [2.05, 4.69) is 10.3 Å². The van der Waals surface area contributed by atoms with E-state index in [9.17, 15) is 14.7 Å². The van der Waals surface area contributed by atoms with Gasteiger partial charge in [0, 0.05) is 12.2 Å². The number of hydrogen-bond donors (Lipinski definition) is 2. The van der Waals surface area contributed by atoms with Gasteiger partial charge in [-0.15, -0.1) is 0 Å². The van der Waals surface area contributed by atoms with E-state index in [1.165, 1.54) is 7.11 Å². The van der Waals surface area contributed by atoms with Gasteiger partial charge in [0.05, 0.1) is 44.3 Å². The molecule has 0 radical (unpaired) electrons. The van der Waals surface area contributed by atoms with E-state index in [0.717, 1.165) is 42.5 Å². The lowest BCUT2D eigenvalue weighted by Gasteiger charge is -2.30. The van der Waals surface area contributed by atoms with E-state index in [1.807, 2.05) is 49.4 Å². The number of benzene rings is 2. The quantitative estimate of drug-likeness (QED) is 0.426. The summed E-state index contributed by atoms with van der Waals surface area (Å²) in [6.45, 7) is 2.69. The fourth-order valence-electron chi connectivity index (χ4n) is 5.47. The van der Waals surface area contributed by atoms with Crippen LogP contribution in [0, 0.1) is 12.8 Å². The smallest absolute Gasteiger partial charge is 0.308 e. The number of β-amino-alcohol motifs (C(OH)–C–C–N with tert-alkyl or cyclic N) is 1. The molecular weight excluding hydrogens is 486 g/mol. The number of ether oxygens (including phenoxy) is 2. The molecule has 1 aliphatic carbocycles. The molecule has 0 spiro atoms. The monoisotopic (exact) mass is 521 g/mol. The maximum absolute atomic E-state index is 13.2. The number of aryl methyl sites for hydroxylation is 1. The Labute approximate surface area is 222 Å². The molecule has 0 bridgehead atoms. The van der Waals surface area contributed by atoms with Crippen molar-refractivity contribution in [2.45, 2.75) is 63.7 Å². The van der Waals surface area contributed by atoms with Crippen LogP contribution in [0.1, 0.15) is 43.2 Å². The Hall–Kier alpha value is -3.43. The van der Waals surface area contributed by atoms with E-state index in [-0.39, 0.29) is 36.4 Å². The number of methoxy groups -OCH3 is 1. The Morgan fingerprint density at radius 2 is 1.95 bits per heavy atom. The normalized spacial score (nSPS) is 23.5. The van der Waals surface area contributed by atoms with Gasteiger partial charge in [0.2, 0.25) is 5.91 Å². The summed E-state index contributed by atoms with van der Waals surface area (Å²) in [6.07, 6.45) is 3.28. The molecule has 5 rings (SSSR count). The highest BCUT2D eigenvalue weighted by atomic mass is 16.5. The molecule has 202 valence electrons. The van der Waals surface area contributed by atoms with Crippen LogP contribution < -0.4 is 5.32 Å². The van der Waals surface area contributed by atoms with Crippen LogP contribution >= 0.6 is 0 Å². The number of nitrogens with zero attached hydrogens (tertiary/aromatic N) is 2. The van der Waals surface area contributed by atoms with Crippen molar-refractivity contribution in [3.63, 3.8) is 0 Å². The number of hydrogen-bond acceptors (Lipinski definition) is 8. The third-order valence-electron chi connectivity index (χ3n) is 7.64. The van der Waals surface area contributed by atoms with Gasteiger partial charge in [-0.2, -0.15) is 4.98 Å². The topological polar surface area (TPSA) is 114 Å². The largest absolute Gasteiger partial charge is 0.469 e. The summed E-state index contributed by atoms with van der Waals surface area (Å²) in [7, 11) is 1.42. The Bertz CT molecular complexity index is 1280. The Morgan fingerprint density at radius 1 is 1.16 bits per heavy atom. The SMILES string of the molecule is COC(=O)[C@H]1CC[C@H](OC[C@@H]2C[C@@H](O)CN2C(=O)Cc2ccc3nc(Nc4ccccc4C)oc3c2)CC1. The molecule has 2 aliphatic rings. The third-order valence-corrected chi connectivity index (χ3v) is 7.64. The third kappa shape index (κ3) is 6.00. The zero-order chi connectivity index (χ0) is 26.6. The van der Waals surface area contributed by atoms with Crippen molar-refractivity contribution in [3.05, 3.63) is 53.6 Å². The molecule has 1 saturated carbocycles. The summed E-state index contributed by atoms with van der Waals surface area (Å²) in [4.78, 5) is 31.2. The second-order valence-electron chi connectivity index (χ2n) is 10.4. The van der Waals surface area contributed by atoms with Gasteiger partial charge in [-0.05, 0) is 68.4 Å². The van der Waals surface area contributed by atoms with Crippen molar-refractivity contribution in [1.29, 1.82) is 0 Å². The van der Waals surface area contributed by atoms with Gasteiger partial charge in [-0.25, -0.2) is 0 Å². The number of aromatic nitrogens is 1. The minimum atomic E-state index is -0.561. The summed E-state index contributed by atoms with van der Waals surface area (Å²) >= 11 is 0. The highest BCUT2D eigenvalue weighted by molar-refractivity contribution is 5.82. The molecule has 1 aromatic heterocycles. The number of nitrogens with one attached hydrogen (secondary N) is 1. The first kappa shape index (κ1) is 26.2. The van der Waals surface area contributed by atoms with Crippen molar-refractivity contribution in [3.8, 4) is 0 Å². The lowest BCUT2D eigenvalue weighted by Crippen LogP contribution is -2.40. The zero-order valence-electron chi connectivity index (χ0n) is 21.9. The average molecular weight is 522 g/mol. The van der Waals surface area contributed by atoms with Gasteiger partial charge in [-0.1, -0.05) is 24.3 Å². The number of fused-ring (bicyclic) bond motifs is 1. The van der Waals surface area contributed by atoms with Crippen LogP contribution in [0.5, 0.6) is 0 Å². The molecule has 2 aromatic carbocycles. The lowest BCUT2D eigenvalue weighted by molar-refractivity contribution is -0.148. The van der Waals surface area contributed by atoms with E-state index in [1.54, 1.807) is 4.90 Å². The second-order valence-corrected chi connectivity index (χ2v) is 10.4. The van der Waals surface area contributed by atoms with Crippen molar-refractivity contribution in [1.82, 2.24) is 9.88 Å². The van der Waals surface area contributed by atoms with Crippen molar-refractivity contribution in [2.24, 2.45) is 5.92 Å². The molecule has 2 fully saturated rings. The van der Waals surface area contributed by atoms with Crippen molar-refractivity contribution < 1.29 is 28.6 Å². The van der Waals surface area contributed by atoms with Crippen LogP contribution in [0.3, 0.4) is 0 Å². The van der Waals surface area contributed by atoms with E-state index >= 15 is 0 Å². The number of carbonyl (C=O) groups is 2. The molecule has 2 N–H and O–H groups in total. The first-order chi connectivity index (χ1) is 18.4. The fraction of sp³-hybridized carbons (Fsp3) is 0.483. The number of rotatable bonds is 8. The average Bonchev–Trinajstić information content (AvgIpc) is 3.50. The predicted molar refractivity (Wildman–Crippen MR) is 142 cm³/mol. The first-order valence-electron chi connectivity index (χ1n) is 13.3. The summed E-state index contributed by atoms with van der Waals surface area (Å²) in [5.74, 6) is -0.259. The molecule has 0 unspecified atom stereocenters. The molecule has 38 heavy (non-hydrogen) atoms. The first-order valence-corrected chi connectivity index (χ1v) is 13.3. The Morgan fingerprint density at radius 3 is 2.71 bits per heavy atom. The van der Waals surface area contributed by atoms with Crippen LogP contribution in [0.25, 0.3) is 11.1 Å². The Balaban J connectivity index is 1.18. The minimum absolute atomic E-state index is 0.0535. The maximum Gasteiger partial charge on any atom is 0.308 e. The number of esters is 1. The summed E-state index contributed by atoms with van der Waals surface area (Å²) in [5.41, 5.74) is 4.15. The molecule has 2 heterocycles. The molecule has 9 nitrogen and oxygen atoms in total. The zero-order valence-corrected chi connectivity index (χ0v) is 21.9. The molecule has 1 saturated heterocycles. The molecule has 2 atom stereocenters. The van der Waals surface area contributed by atoms with Crippen LogP contribution in [-0.2, 0) is 25.5 Å². The number of para-hydroxylation sites is 1. The van der Waals surface area contributed by atoms with Crippen LogP contribution in [0.4, 0.5) is 11.7 Å². The highest BCUT2D eigenvalue weighted by Gasteiger charge is 2.35. The van der Waals surface area contributed by atoms with E-state index in [4.69, 9.17) is 13.9 Å². The van der Waals surface area contributed by atoms with Gasteiger partial charge < -0.3 is 29.2 Å². The van der Waals surface area contributed by atoms with Gasteiger partial charge in [0.15, 0.2) is 5.58 Å². The summed E-state index contributed by atoms with van der Waals surface area (Å²) in [5, 5.41) is 13.5. The van der Waals surface area contributed by atoms with Crippen LogP contribution in [0.15, 0.2) is 46.9 Å². The number of aliphatic hydroxyl groups excluding tert-OH is 1. The molecule has 9 heteroatoms. The van der Waals surface area contributed by atoms with Crippen LogP contribution in [0.2, 0.25) is 0 Å². The standard InChI is InChI=1S/C29H35N3O6/c1-18-5-3-4-6-24(18)30-29-31-25-12-7-19(13-26(25)38-29)14-27(34)32-16-22(33)15-21(32)17-37-23-10-8-20(9-11-23)28(35)36-2/h3-7,12-13,20-23,33H,8-11,14-17H2,1-2H3,(H,30,31)/t20-,21-,22+,23-/m0/s1. The number of anilines is 2. The number of aliphatic hydroxyl groups is 1. The van der Waals surface area contributed by atoms with Crippen molar-refractivity contribution >= 4 is 34.7 Å². The predicted octanol–water partition coefficient (Wildman–Crippen LogP) is 4.13. The maximum atomic E-state index is 13.2. The molecule has 1 amide bonds. The number of likely N-dealkylation sites (tertiary alicyclic amines) is 1. The molecule has 1 aliphatic heterocycles. The number of carbonyl (C=O) groups excluding carboxylic acids is 2.